The van der Waals surface area contributed by atoms with E-state index in [0.717, 1.165) is 16.7 Å². The zero-order valence-corrected chi connectivity index (χ0v) is 16.2. The van der Waals surface area contributed by atoms with E-state index < -0.39 is 0 Å². The highest BCUT2D eigenvalue weighted by molar-refractivity contribution is 5.62. The van der Waals surface area contributed by atoms with Gasteiger partial charge in [-0.3, -0.25) is 0 Å². The van der Waals surface area contributed by atoms with Crippen LogP contribution in [0.4, 0.5) is 0 Å². The maximum absolute atomic E-state index is 3.44. The molecule has 0 aliphatic rings. The van der Waals surface area contributed by atoms with Gasteiger partial charge >= 0.3 is 0 Å². The molecule has 2 aromatic carbocycles. The summed E-state index contributed by atoms with van der Waals surface area (Å²) in [6, 6.07) is 4.41. The van der Waals surface area contributed by atoms with Gasteiger partial charge in [-0.05, 0) is 100 Å². The molecule has 0 unspecified atom stereocenters. The van der Waals surface area contributed by atoms with Crippen LogP contribution in [0.2, 0.25) is 0 Å². The summed E-state index contributed by atoms with van der Waals surface area (Å²) in [6.07, 6.45) is 0. The molecule has 0 heteroatoms. The zero-order valence-electron chi connectivity index (χ0n) is 16.2. The second-order valence-electron chi connectivity index (χ2n) is 6.63. The average Bonchev–Trinajstić information content (AvgIpc) is 2.54. The predicted octanol–water partition coefficient (Wildman–Crippen LogP) is 5.62. The van der Waals surface area contributed by atoms with Crippen LogP contribution in [-0.4, -0.2) is 0 Å². The van der Waals surface area contributed by atoms with Gasteiger partial charge in [0.2, 0.25) is 0 Å². The maximum atomic E-state index is 3.44. The Labute approximate surface area is 147 Å². The molecule has 24 heavy (non-hydrogen) atoms. The summed E-state index contributed by atoms with van der Waals surface area (Å²) in [5, 5.41) is 0. The fraction of sp³-hybridized carbons (Fsp3) is 0.333. The predicted molar refractivity (Wildman–Crippen MR) is 105 cm³/mol. The van der Waals surface area contributed by atoms with Crippen molar-refractivity contribution in [2.45, 2.75) is 55.4 Å². The lowest BCUT2D eigenvalue weighted by molar-refractivity contribution is 1.20. The van der Waals surface area contributed by atoms with Crippen LogP contribution in [0, 0.1) is 72.1 Å². The summed E-state index contributed by atoms with van der Waals surface area (Å²) in [5.74, 6) is 13.1. The molecule has 2 rings (SSSR count). The highest BCUT2D eigenvalue weighted by Gasteiger charge is 2.12. The van der Waals surface area contributed by atoms with E-state index in [1.165, 1.54) is 38.9 Å². The molecule has 0 atom stereocenters. The first-order valence-corrected chi connectivity index (χ1v) is 8.40. The standard InChI is InChI=1S/C24H26/c1-9-10-23-18(5)20(7)24(21(8)19(23)6)12-11-22-14-16(3)15(2)13-17(22)4/h13-14H,1-8H3. The van der Waals surface area contributed by atoms with Crippen LogP contribution in [0.3, 0.4) is 0 Å². The van der Waals surface area contributed by atoms with Crippen molar-refractivity contribution in [2.75, 3.05) is 0 Å². The third-order valence-electron chi connectivity index (χ3n) is 5.04. The minimum Gasteiger partial charge on any atom is -0.101 e. The second kappa shape index (κ2) is 6.98. The molecule has 2 aromatic rings. The fourth-order valence-electron chi connectivity index (χ4n) is 3.04. The first-order chi connectivity index (χ1) is 11.3. The van der Waals surface area contributed by atoms with E-state index >= 15 is 0 Å². The third-order valence-corrected chi connectivity index (χ3v) is 5.04. The van der Waals surface area contributed by atoms with Gasteiger partial charge in [-0.15, -0.1) is 5.92 Å². The van der Waals surface area contributed by atoms with Gasteiger partial charge < -0.3 is 0 Å². The van der Waals surface area contributed by atoms with Gasteiger partial charge in [0.25, 0.3) is 0 Å². The van der Waals surface area contributed by atoms with Crippen LogP contribution in [0.5, 0.6) is 0 Å². The van der Waals surface area contributed by atoms with Gasteiger partial charge in [0, 0.05) is 16.7 Å². The Morgan fingerprint density at radius 1 is 0.542 bits per heavy atom. The van der Waals surface area contributed by atoms with E-state index in [4.69, 9.17) is 0 Å². The van der Waals surface area contributed by atoms with E-state index in [9.17, 15) is 0 Å². The maximum Gasteiger partial charge on any atom is 0.0313 e. The van der Waals surface area contributed by atoms with E-state index in [1.54, 1.807) is 0 Å². The van der Waals surface area contributed by atoms with Gasteiger partial charge in [-0.1, -0.05) is 23.8 Å². The molecule has 0 saturated carbocycles. The Morgan fingerprint density at radius 2 is 1.00 bits per heavy atom. The summed E-state index contributed by atoms with van der Waals surface area (Å²) in [4.78, 5) is 0. The lowest BCUT2D eigenvalue weighted by Crippen LogP contribution is -2.01. The minimum absolute atomic E-state index is 1.12. The summed E-state index contributed by atoms with van der Waals surface area (Å²) in [6.45, 7) is 16.9. The van der Waals surface area contributed by atoms with Crippen molar-refractivity contribution in [2.24, 2.45) is 0 Å². The van der Waals surface area contributed by atoms with Crippen LogP contribution in [0.25, 0.3) is 0 Å². The molecule has 0 N–H and O–H groups in total. The smallest absolute Gasteiger partial charge is 0.0313 e. The molecular weight excluding hydrogens is 288 g/mol. The van der Waals surface area contributed by atoms with E-state index in [0.29, 0.717) is 0 Å². The second-order valence-corrected chi connectivity index (χ2v) is 6.63. The van der Waals surface area contributed by atoms with Gasteiger partial charge in [-0.25, -0.2) is 0 Å². The van der Waals surface area contributed by atoms with Crippen LogP contribution in [-0.2, 0) is 0 Å². The fourth-order valence-corrected chi connectivity index (χ4v) is 3.04. The summed E-state index contributed by atoms with van der Waals surface area (Å²) < 4.78 is 0. The Bertz CT molecular complexity index is 903. The zero-order chi connectivity index (χ0) is 18.0. The molecule has 122 valence electrons. The van der Waals surface area contributed by atoms with Crippen molar-refractivity contribution >= 4 is 0 Å². The van der Waals surface area contributed by atoms with Crippen molar-refractivity contribution in [3.05, 3.63) is 67.8 Å². The Hall–Kier alpha value is -2.44. The number of benzene rings is 2. The first kappa shape index (κ1) is 17.9. The molecular formula is C24H26. The first-order valence-electron chi connectivity index (χ1n) is 8.40. The Balaban J connectivity index is 2.65. The van der Waals surface area contributed by atoms with E-state index in [-0.39, 0.29) is 0 Å². The van der Waals surface area contributed by atoms with Crippen LogP contribution in [0.15, 0.2) is 12.1 Å². The molecule has 0 aliphatic heterocycles. The molecule has 0 saturated heterocycles. The molecule has 0 heterocycles. The monoisotopic (exact) mass is 314 g/mol. The van der Waals surface area contributed by atoms with Crippen molar-refractivity contribution < 1.29 is 0 Å². The van der Waals surface area contributed by atoms with Crippen LogP contribution >= 0.6 is 0 Å². The van der Waals surface area contributed by atoms with Gasteiger partial charge in [0.05, 0.1) is 0 Å². The van der Waals surface area contributed by atoms with Crippen LogP contribution < -0.4 is 0 Å². The molecule has 0 radical (unpaired) electrons. The SMILES string of the molecule is CC#Cc1c(C)c(C)c(C#Cc2cc(C)c(C)cc2C)c(C)c1C. The Kier molecular flexibility index (Phi) is 5.21. The molecule has 0 amide bonds. The Morgan fingerprint density at radius 3 is 1.50 bits per heavy atom. The number of hydrogen-bond donors (Lipinski definition) is 0. The highest BCUT2D eigenvalue weighted by atomic mass is 14.1. The van der Waals surface area contributed by atoms with Gasteiger partial charge in [0.1, 0.15) is 0 Å². The van der Waals surface area contributed by atoms with Gasteiger partial charge in [-0.2, -0.15) is 0 Å². The van der Waals surface area contributed by atoms with E-state index in [1.807, 2.05) is 6.92 Å². The van der Waals surface area contributed by atoms with Crippen molar-refractivity contribution in [3.63, 3.8) is 0 Å². The summed E-state index contributed by atoms with van der Waals surface area (Å²) in [7, 11) is 0. The van der Waals surface area contributed by atoms with E-state index in [2.05, 4.69) is 84.3 Å². The lowest BCUT2D eigenvalue weighted by Gasteiger charge is -2.14. The molecule has 0 spiro atoms. The normalized spacial score (nSPS) is 9.83. The van der Waals surface area contributed by atoms with Gasteiger partial charge in [0.15, 0.2) is 0 Å². The molecule has 0 fully saturated rings. The molecule has 0 bridgehead atoms. The molecule has 0 nitrogen and oxygen atoms in total. The van der Waals surface area contributed by atoms with Crippen molar-refractivity contribution in [1.29, 1.82) is 0 Å². The van der Waals surface area contributed by atoms with Crippen molar-refractivity contribution in [3.8, 4) is 23.7 Å². The minimum atomic E-state index is 1.12. The van der Waals surface area contributed by atoms with Crippen LogP contribution in [0.1, 0.15) is 62.6 Å². The molecule has 0 aromatic heterocycles. The summed E-state index contributed by atoms with van der Waals surface area (Å²) in [5.41, 5.74) is 12.2. The average molecular weight is 314 g/mol. The largest absolute Gasteiger partial charge is 0.101 e. The number of rotatable bonds is 0. The topological polar surface area (TPSA) is 0 Å². The molecule has 0 aliphatic carbocycles. The van der Waals surface area contributed by atoms with Crippen molar-refractivity contribution in [1.82, 2.24) is 0 Å². The number of hydrogen-bond acceptors (Lipinski definition) is 0. The lowest BCUT2D eigenvalue weighted by atomic mass is 9.89. The highest BCUT2D eigenvalue weighted by Crippen LogP contribution is 2.26. The third kappa shape index (κ3) is 3.25. The summed E-state index contributed by atoms with van der Waals surface area (Å²) >= 11 is 0. The number of aryl methyl sites for hydroxylation is 3. The quantitative estimate of drug-likeness (QED) is 0.554.